The lowest BCUT2D eigenvalue weighted by Crippen LogP contribution is -2.42. The van der Waals surface area contributed by atoms with Crippen LogP contribution in [0.15, 0.2) is 36.4 Å². The molecule has 0 aliphatic carbocycles. The first-order chi connectivity index (χ1) is 14.5. The molecule has 1 amide bonds. The molecule has 0 spiro atoms. The van der Waals surface area contributed by atoms with Crippen LogP contribution in [0.25, 0.3) is 0 Å². The van der Waals surface area contributed by atoms with E-state index in [-0.39, 0.29) is 27.4 Å². The number of nitro benzene ring substituents is 1. The zero-order chi connectivity index (χ0) is 23.2. The summed E-state index contributed by atoms with van der Waals surface area (Å²) in [5.41, 5.74) is 1.41. The molecule has 0 unspecified atom stereocenters. The van der Waals surface area contributed by atoms with E-state index in [0.29, 0.717) is 19.4 Å². The van der Waals surface area contributed by atoms with Gasteiger partial charge in [-0.2, -0.15) is 0 Å². The Hall–Kier alpha value is -2.71. The Morgan fingerprint density at radius 1 is 1.23 bits per heavy atom. The fraction of sp³-hybridized carbons (Fsp3) is 0.364. The van der Waals surface area contributed by atoms with Crippen LogP contribution >= 0.6 is 23.8 Å². The van der Waals surface area contributed by atoms with Crippen molar-refractivity contribution < 1.29 is 14.5 Å². The Labute approximate surface area is 192 Å². The summed E-state index contributed by atoms with van der Waals surface area (Å²) in [4.78, 5) is 23.3. The minimum absolute atomic E-state index is 0.0184. The van der Waals surface area contributed by atoms with Crippen molar-refractivity contribution in [1.82, 2.24) is 5.32 Å². The predicted octanol–water partition coefficient (Wildman–Crippen LogP) is 5.56. The molecular formula is C22H26ClN3O4S. The highest BCUT2D eigenvalue weighted by atomic mass is 35.5. The molecule has 0 aliphatic rings. The Morgan fingerprint density at radius 3 is 2.61 bits per heavy atom. The van der Waals surface area contributed by atoms with E-state index < -0.39 is 10.3 Å². The molecule has 0 fully saturated rings. The lowest BCUT2D eigenvalue weighted by Gasteiger charge is -2.24. The van der Waals surface area contributed by atoms with Crippen LogP contribution in [-0.4, -0.2) is 22.5 Å². The number of nitrogens with one attached hydrogen (secondary N) is 2. The van der Waals surface area contributed by atoms with E-state index in [1.165, 1.54) is 18.2 Å². The molecule has 0 bridgehead atoms. The minimum Gasteiger partial charge on any atom is -0.493 e. The molecule has 0 saturated heterocycles. The molecule has 0 saturated carbocycles. The van der Waals surface area contributed by atoms with Crippen molar-refractivity contribution in [2.75, 3.05) is 11.9 Å². The van der Waals surface area contributed by atoms with E-state index in [0.717, 1.165) is 16.9 Å². The molecule has 0 heterocycles. The number of benzene rings is 2. The maximum Gasteiger partial charge on any atom is 0.294 e. The zero-order valence-electron chi connectivity index (χ0n) is 18.0. The summed E-state index contributed by atoms with van der Waals surface area (Å²) in [6.07, 6.45) is 1.25. The van der Waals surface area contributed by atoms with Crippen molar-refractivity contribution >= 4 is 46.2 Å². The third-order valence-electron chi connectivity index (χ3n) is 4.79. The minimum atomic E-state index is -0.706. The highest BCUT2D eigenvalue weighted by Gasteiger charge is 2.28. The van der Waals surface area contributed by atoms with Gasteiger partial charge in [-0.3, -0.25) is 14.9 Å². The number of amides is 1. The van der Waals surface area contributed by atoms with Crippen molar-refractivity contribution in [3.05, 3.63) is 62.7 Å². The number of aryl methyl sites for hydroxylation is 2. The molecule has 9 heteroatoms. The number of anilines is 1. The van der Waals surface area contributed by atoms with Gasteiger partial charge in [0.2, 0.25) is 5.91 Å². The van der Waals surface area contributed by atoms with E-state index in [9.17, 15) is 14.9 Å². The van der Waals surface area contributed by atoms with E-state index in [1.807, 2.05) is 45.9 Å². The molecule has 0 aromatic heterocycles. The number of carbonyl (C=O) groups is 1. The van der Waals surface area contributed by atoms with Gasteiger partial charge in [0.05, 0.1) is 11.5 Å². The van der Waals surface area contributed by atoms with Crippen molar-refractivity contribution in [1.29, 1.82) is 0 Å². The maximum absolute atomic E-state index is 12.7. The van der Waals surface area contributed by atoms with Crippen LogP contribution in [0.4, 0.5) is 11.4 Å². The quantitative estimate of drug-likeness (QED) is 0.230. The first kappa shape index (κ1) is 24.6. The van der Waals surface area contributed by atoms with Gasteiger partial charge in [0, 0.05) is 16.5 Å². The second-order valence-electron chi connectivity index (χ2n) is 7.93. The van der Waals surface area contributed by atoms with Crippen LogP contribution in [0.2, 0.25) is 5.02 Å². The average molecular weight is 464 g/mol. The zero-order valence-corrected chi connectivity index (χ0v) is 19.5. The van der Waals surface area contributed by atoms with Crippen molar-refractivity contribution in [2.45, 2.75) is 40.5 Å². The summed E-state index contributed by atoms with van der Waals surface area (Å²) in [6, 6.07) is 10.2. The molecule has 7 nitrogen and oxygen atoms in total. The van der Waals surface area contributed by atoms with Gasteiger partial charge in [-0.25, -0.2) is 0 Å². The molecule has 166 valence electrons. The Bertz CT molecular complexity index is 995. The second kappa shape index (κ2) is 10.5. The maximum atomic E-state index is 12.7. The summed E-state index contributed by atoms with van der Waals surface area (Å²) in [7, 11) is 0. The molecule has 2 aromatic rings. The normalized spacial score (nSPS) is 11.0. The Morgan fingerprint density at radius 2 is 1.94 bits per heavy atom. The van der Waals surface area contributed by atoms with Gasteiger partial charge in [0.25, 0.3) is 5.69 Å². The van der Waals surface area contributed by atoms with Gasteiger partial charge in [-0.05, 0) is 68.2 Å². The standard InChI is InChI=1S/C22H26ClN3O4S/c1-14-6-7-15(2)19(12-14)30-11-5-10-22(3,4)20(27)25-21(31)24-17-9-8-16(23)13-18(17)26(28)29/h6-9,12-13H,5,10-11H2,1-4H3,(H2,24,25,27,31). The van der Waals surface area contributed by atoms with Crippen LogP contribution in [0.5, 0.6) is 5.75 Å². The molecule has 31 heavy (non-hydrogen) atoms. The monoisotopic (exact) mass is 463 g/mol. The first-order valence-corrected chi connectivity index (χ1v) is 10.5. The van der Waals surface area contributed by atoms with Crippen LogP contribution < -0.4 is 15.4 Å². The topological polar surface area (TPSA) is 93.5 Å². The largest absolute Gasteiger partial charge is 0.493 e. The van der Waals surface area contributed by atoms with Gasteiger partial charge >= 0.3 is 0 Å². The molecule has 0 aliphatic heterocycles. The third kappa shape index (κ3) is 7.18. The number of thiocarbonyl (C=S) groups is 1. The molecule has 2 rings (SSSR count). The smallest absolute Gasteiger partial charge is 0.294 e. The molecule has 0 radical (unpaired) electrons. The number of rotatable bonds is 8. The fourth-order valence-corrected chi connectivity index (χ4v) is 3.23. The summed E-state index contributed by atoms with van der Waals surface area (Å²) in [5, 5.41) is 16.7. The summed E-state index contributed by atoms with van der Waals surface area (Å²) < 4.78 is 5.85. The summed E-state index contributed by atoms with van der Waals surface area (Å²) in [5.74, 6) is 0.561. The lowest BCUT2D eigenvalue weighted by atomic mass is 9.87. The number of nitrogens with zero attached hydrogens (tertiary/aromatic N) is 1. The van der Waals surface area contributed by atoms with Crippen LogP contribution in [0, 0.1) is 29.4 Å². The number of carbonyl (C=O) groups excluding carboxylic acids is 1. The van der Waals surface area contributed by atoms with Gasteiger partial charge in [0.15, 0.2) is 5.11 Å². The fourth-order valence-electron chi connectivity index (χ4n) is 2.86. The van der Waals surface area contributed by atoms with Gasteiger partial charge in [-0.1, -0.05) is 37.6 Å². The number of hydrogen-bond donors (Lipinski definition) is 2. The molecule has 2 aromatic carbocycles. The third-order valence-corrected chi connectivity index (χ3v) is 5.23. The van der Waals surface area contributed by atoms with Gasteiger partial charge in [0.1, 0.15) is 11.4 Å². The Kier molecular flexibility index (Phi) is 8.36. The van der Waals surface area contributed by atoms with E-state index in [2.05, 4.69) is 10.6 Å². The van der Waals surface area contributed by atoms with Crippen molar-refractivity contribution in [3.8, 4) is 5.75 Å². The highest BCUT2D eigenvalue weighted by Crippen LogP contribution is 2.28. The highest BCUT2D eigenvalue weighted by molar-refractivity contribution is 7.80. The van der Waals surface area contributed by atoms with Crippen LogP contribution in [-0.2, 0) is 4.79 Å². The van der Waals surface area contributed by atoms with Crippen molar-refractivity contribution in [2.24, 2.45) is 5.41 Å². The number of hydrogen-bond acceptors (Lipinski definition) is 5. The SMILES string of the molecule is Cc1ccc(C)c(OCCCC(C)(C)C(=O)NC(=S)Nc2ccc(Cl)cc2[N+](=O)[O-])c1. The lowest BCUT2D eigenvalue weighted by molar-refractivity contribution is -0.383. The molecule has 2 N–H and O–H groups in total. The first-order valence-electron chi connectivity index (χ1n) is 9.76. The van der Waals surface area contributed by atoms with Crippen LogP contribution in [0.3, 0.4) is 0 Å². The summed E-state index contributed by atoms with van der Waals surface area (Å²) in [6.45, 7) is 8.11. The van der Waals surface area contributed by atoms with E-state index in [4.69, 9.17) is 28.6 Å². The van der Waals surface area contributed by atoms with Crippen LogP contribution in [0.1, 0.15) is 37.8 Å². The second-order valence-corrected chi connectivity index (χ2v) is 8.78. The number of ether oxygens (including phenoxy) is 1. The molecular weight excluding hydrogens is 438 g/mol. The predicted molar refractivity (Wildman–Crippen MR) is 127 cm³/mol. The van der Waals surface area contributed by atoms with E-state index >= 15 is 0 Å². The van der Waals surface area contributed by atoms with Gasteiger partial charge in [-0.15, -0.1) is 0 Å². The van der Waals surface area contributed by atoms with Gasteiger partial charge < -0.3 is 15.4 Å². The number of halogens is 1. The average Bonchev–Trinajstić information content (AvgIpc) is 2.68. The Balaban J connectivity index is 1.88. The van der Waals surface area contributed by atoms with E-state index in [1.54, 1.807) is 0 Å². The van der Waals surface area contributed by atoms with Crippen molar-refractivity contribution in [3.63, 3.8) is 0 Å². The molecule has 0 atom stereocenters. The number of nitro groups is 1. The summed E-state index contributed by atoms with van der Waals surface area (Å²) >= 11 is 11.0.